The van der Waals surface area contributed by atoms with Crippen molar-refractivity contribution in [3.05, 3.63) is 34.8 Å². The Hall–Kier alpha value is -1.33. The zero-order valence-corrected chi connectivity index (χ0v) is 12.8. The summed E-state index contributed by atoms with van der Waals surface area (Å²) < 4.78 is 2.83. The molecule has 1 aliphatic carbocycles. The van der Waals surface area contributed by atoms with Crippen LogP contribution in [-0.4, -0.2) is 21.0 Å². The van der Waals surface area contributed by atoms with Gasteiger partial charge in [-0.3, -0.25) is 0 Å². The molecular weight excluding hydrogens is 318 g/mol. The highest BCUT2D eigenvalue weighted by Gasteiger charge is 2.27. The molecule has 5 heteroatoms. The van der Waals surface area contributed by atoms with Gasteiger partial charge in [0.1, 0.15) is 5.82 Å². The van der Waals surface area contributed by atoms with Crippen LogP contribution in [0, 0.1) is 0 Å². The lowest BCUT2D eigenvalue weighted by Crippen LogP contribution is -2.29. The molecule has 0 spiro atoms. The number of hydrogen-bond acceptors (Lipinski definition) is 3. The molecule has 4 nitrogen and oxygen atoms in total. The minimum atomic E-state index is -0.344. The number of halogens is 1. The van der Waals surface area contributed by atoms with Crippen molar-refractivity contribution in [2.24, 2.45) is 0 Å². The Labute approximate surface area is 126 Å². The molecule has 2 aromatic rings. The second-order valence-electron chi connectivity index (χ2n) is 5.33. The van der Waals surface area contributed by atoms with Crippen LogP contribution in [0.4, 0.5) is 5.82 Å². The number of benzene rings is 1. The average Bonchev–Trinajstić information content (AvgIpc) is 2.82. The number of aliphatic hydroxyl groups is 1. The molecule has 3 N–H and O–H groups in total. The highest BCUT2D eigenvalue weighted by molar-refractivity contribution is 9.10. The summed E-state index contributed by atoms with van der Waals surface area (Å²) in [6, 6.07) is 9.87. The Morgan fingerprint density at radius 2 is 1.90 bits per heavy atom. The second-order valence-corrected chi connectivity index (χ2v) is 6.24. The topological polar surface area (TPSA) is 64.1 Å². The van der Waals surface area contributed by atoms with Crippen LogP contribution in [0.2, 0.25) is 0 Å². The molecule has 20 heavy (non-hydrogen) atoms. The minimum absolute atomic E-state index is 0.00736. The van der Waals surface area contributed by atoms with Crippen LogP contribution in [0.5, 0.6) is 0 Å². The Morgan fingerprint density at radius 3 is 2.60 bits per heavy atom. The summed E-state index contributed by atoms with van der Waals surface area (Å²) in [4.78, 5) is 0. The van der Waals surface area contributed by atoms with Crippen molar-refractivity contribution in [3.63, 3.8) is 0 Å². The van der Waals surface area contributed by atoms with E-state index < -0.39 is 0 Å². The molecule has 1 aromatic heterocycles. The molecule has 1 aliphatic rings. The Balaban J connectivity index is 1.92. The van der Waals surface area contributed by atoms with E-state index in [1.54, 1.807) is 4.68 Å². The maximum absolute atomic E-state index is 10.1. The number of aromatic nitrogens is 2. The summed E-state index contributed by atoms with van der Waals surface area (Å²) in [6.07, 6.45) is 3.63. The first-order chi connectivity index (χ1) is 9.65. The predicted molar refractivity (Wildman–Crippen MR) is 83.3 cm³/mol. The van der Waals surface area contributed by atoms with Crippen molar-refractivity contribution in [2.45, 2.75) is 37.8 Å². The molecule has 106 valence electrons. The molecule has 3 rings (SSSR count). The van der Waals surface area contributed by atoms with E-state index in [0.717, 1.165) is 41.4 Å². The maximum Gasteiger partial charge on any atom is 0.122 e. The number of rotatable bonds is 2. The van der Waals surface area contributed by atoms with Crippen molar-refractivity contribution in [2.75, 3.05) is 5.73 Å². The van der Waals surface area contributed by atoms with Crippen LogP contribution in [0.15, 0.2) is 34.8 Å². The van der Waals surface area contributed by atoms with Gasteiger partial charge in [-0.25, -0.2) is 4.68 Å². The number of nitrogens with zero attached hydrogens (tertiary/aromatic N) is 2. The molecule has 1 heterocycles. The van der Waals surface area contributed by atoms with Gasteiger partial charge in [-0.1, -0.05) is 40.9 Å². The van der Waals surface area contributed by atoms with E-state index in [4.69, 9.17) is 5.73 Å². The fourth-order valence-corrected chi connectivity index (χ4v) is 3.08. The van der Waals surface area contributed by atoms with Gasteiger partial charge >= 0.3 is 0 Å². The Kier molecular flexibility index (Phi) is 3.81. The van der Waals surface area contributed by atoms with Gasteiger partial charge in [0.05, 0.1) is 17.8 Å². The Morgan fingerprint density at radius 1 is 1.20 bits per heavy atom. The van der Waals surface area contributed by atoms with Crippen molar-refractivity contribution in [1.82, 2.24) is 9.78 Å². The van der Waals surface area contributed by atoms with Gasteiger partial charge < -0.3 is 10.8 Å². The largest absolute Gasteiger partial charge is 0.391 e. The minimum Gasteiger partial charge on any atom is -0.391 e. The molecule has 1 fully saturated rings. The van der Waals surface area contributed by atoms with E-state index in [1.165, 1.54) is 0 Å². The van der Waals surface area contributed by atoms with Crippen LogP contribution in [-0.2, 0) is 0 Å². The molecule has 2 unspecified atom stereocenters. The van der Waals surface area contributed by atoms with Gasteiger partial charge in [0.2, 0.25) is 0 Å². The molecule has 2 atom stereocenters. The summed E-state index contributed by atoms with van der Waals surface area (Å²) in [5.74, 6) is 0.619. The summed E-state index contributed by atoms with van der Waals surface area (Å²) in [7, 11) is 0. The Bertz CT molecular complexity index is 594. The van der Waals surface area contributed by atoms with Gasteiger partial charge in [0.15, 0.2) is 0 Å². The van der Waals surface area contributed by atoms with E-state index in [-0.39, 0.29) is 12.1 Å². The zero-order valence-electron chi connectivity index (χ0n) is 11.2. The zero-order chi connectivity index (χ0) is 14.1. The molecule has 0 radical (unpaired) electrons. The lowest BCUT2D eigenvalue weighted by molar-refractivity contribution is 0.0707. The van der Waals surface area contributed by atoms with Gasteiger partial charge in [0, 0.05) is 16.1 Å². The van der Waals surface area contributed by atoms with E-state index in [9.17, 15) is 5.11 Å². The van der Waals surface area contributed by atoms with Gasteiger partial charge in [-0.15, -0.1) is 0 Å². The van der Waals surface area contributed by atoms with Crippen LogP contribution in [0.3, 0.4) is 0 Å². The smallest absolute Gasteiger partial charge is 0.122 e. The van der Waals surface area contributed by atoms with Crippen LogP contribution in [0.1, 0.15) is 31.7 Å². The second kappa shape index (κ2) is 5.58. The van der Waals surface area contributed by atoms with E-state index >= 15 is 0 Å². The summed E-state index contributed by atoms with van der Waals surface area (Å²) in [5, 5.41) is 14.7. The first-order valence-corrected chi connectivity index (χ1v) is 7.73. The first kappa shape index (κ1) is 13.6. The van der Waals surface area contributed by atoms with Crippen LogP contribution >= 0.6 is 15.9 Å². The molecule has 0 amide bonds. The van der Waals surface area contributed by atoms with Crippen LogP contribution in [0.25, 0.3) is 11.3 Å². The quantitative estimate of drug-likeness (QED) is 0.884. The highest BCUT2D eigenvalue weighted by atomic mass is 79.9. The highest BCUT2D eigenvalue weighted by Crippen LogP contribution is 2.32. The molecule has 1 saturated carbocycles. The van der Waals surface area contributed by atoms with Crippen molar-refractivity contribution in [3.8, 4) is 11.3 Å². The predicted octanol–water partition coefficient (Wildman–Crippen LogP) is 3.37. The maximum atomic E-state index is 10.1. The number of aliphatic hydroxyl groups excluding tert-OH is 1. The third-order valence-corrected chi connectivity index (χ3v) is 4.44. The number of nitrogens with two attached hydrogens (primary N) is 1. The molecule has 0 saturated heterocycles. The molecule has 1 aromatic carbocycles. The van der Waals surface area contributed by atoms with Gasteiger partial charge in [0.25, 0.3) is 0 Å². The molecule has 0 bridgehead atoms. The number of hydrogen-bond donors (Lipinski definition) is 2. The molecular formula is C15H18BrN3O. The van der Waals surface area contributed by atoms with E-state index in [0.29, 0.717) is 5.82 Å². The van der Waals surface area contributed by atoms with Gasteiger partial charge in [-0.2, -0.15) is 5.10 Å². The summed E-state index contributed by atoms with van der Waals surface area (Å²) in [5.41, 5.74) is 7.97. The first-order valence-electron chi connectivity index (χ1n) is 6.94. The van der Waals surface area contributed by atoms with Crippen molar-refractivity contribution < 1.29 is 5.11 Å². The lowest BCUT2D eigenvalue weighted by Gasteiger charge is -2.28. The van der Waals surface area contributed by atoms with E-state index in [2.05, 4.69) is 21.0 Å². The summed E-state index contributed by atoms with van der Waals surface area (Å²) >= 11 is 3.42. The van der Waals surface area contributed by atoms with E-state index in [1.807, 2.05) is 30.3 Å². The standard InChI is InChI=1S/C15H18BrN3O/c16-11-7-5-10(6-8-11)12-9-15(17)19(18-12)13-3-1-2-4-14(13)20/h5-9,13-14,20H,1-4,17H2. The fraction of sp³-hybridized carbons (Fsp3) is 0.400. The molecule has 0 aliphatic heterocycles. The number of anilines is 1. The third kappa shape index (κ3) is 2.60. The fourth-order valence-electron chi connectivity index (χ4n) is 2.81. The van der Waals surface area contributed by atoms with Crippen molar-refractivity contribution in [1.29, 1.82) is 0 Å². The number of nitrogen functional groups attached to an aromatic ring is 1. The lowest BCUT2D eigenvalue weighted by atomic mass is 9.93. The summed E-state index contributed by atoms with van der Waals surface area (Å²) in [6.45, 7) is 0. The monoisotopic (exact) mass is 335 g/mol. The SMILES string of the molecule is Nc1cc(-c2ccc(Br)cc2)nn1C1CCCCC1O. The van der Waals surface area contributed by atoms with Gasteiger partial charge in [-0.05, 0) is 25.0 Å². The third-order valence-electron chi connectivity index (χ3n) is 3.91. The average molecular weight is 336 g/mol. The van der Waals surface area contributed by atoms with Crippen LogP contribution < -0.4 is 5.73 Å². The van der Waals surface area contributed by atoms with Crippen molar-refractivity contribution >= 4 is 21.7 Å². The normalized spacial score (nSPS) is 22.9.